The van der Waals surface area contributed by atoms with Crippen LogP contribution in [0.25, 0.3) is 0 Å². The van der Waals surface area contributed by atoms with Crippen LogP contribution in [0.4, 0.5) is 5.69 Å². The van der Waals surface area contributed by atoms with Crippen LogP contribution < -0.4 is 10.5 Å². The van der Waals surface area contributed by atoms with Gasteiger partial charge in [0.1, 0.15) is 11.2 Å². The first-order valence-corrected chi connectivity index (χ1v) is 8.45. The van der Waals surface area contributed by atoms with Gasteiger partial charge in [-0.3, -0.25) is 4.68 Å². The summed E-state index contributed by atoms with van der Waals surface area (Å²) in [5.74, 6) is 0.378. The summed E-state index contributed by atoms with van der Waals surface area (Å²) in [5.41, 5.74) is 5.91. The van der Waals surface area contributed by atoms with Gasteiger partial charge in [-0.25, -0.2) is 18.1 Å². The van der Waals surface area contributed by atoms with Gasteiger partial charge in [-0.1, -0.05) is 15.9 Å². The van der Waals surface area contributed by atoms with Crippen LogP contribution in [0.2, 0.25) is 0 Å². The number of nitrogen functional groups attached to an aromatic ring is 1. The highest BCUT2D eigenvalue weighted by molar-refractivity contribution is 9.11. The van der Waals surface area contributed by atoms with Gasteiger partial charge < -0.3 is 5.73 Å². The first kappa shape index (κ1) is 15.4. The number of nitrogens with zero attached hydrogens (tertiary/aromatic N) is 3. The van der Waals surface area contributed by atoms with Crippen LogP contribution in [0, 0.1) is 0 Å². The number of hydrogen-bond acceptors (Lipinski definition) is 5. The number of aromatic nitrogens is 3. The minimum atomic E-state index is -3.76. The maximum atomic E-state index is 12.3. The molecular formula is C10H11Br2N5O2S. The van der Waals surface area contributed by atoms with Crippen LogP contribution in [0.3, 0.4) is 0 Å². The van der Waals surface area contributed by atoms with Gasteiger partial charge in [0, 0.05) is 16.0 Å². The second-order valence-electron chi connectivity index (χ2n) is 3.96. The molecule has 0 aliphatic heterocycles. The molecule has 3 N–H and O–H groups in total. The standard InChI is InChI=1S/C10H11Br2N5O2S/c1-17-5-14-9(16-17)4-15-20(18,19)10-7(12)2-6(11)3-8(10)13/h2-3,5,15H,4,13H2,1H3. The Hall–Kier alpha value is -0.970. The third-order valence-electron chi connectivity index (χ3n) is 2.37. The maximum Gasteiger partial charge on any atom is 0.244 e. The second kappa shape index (κ2) is 5.80. The molecule has 20 heavy (non-hydrogen) atoms. The molecular weight excluding hydrogens is 414 g/mol. The first-order valence-electron chi connectivity index (χ1n) is 5.38. The second-order valence-corrected chi connectivity index (χ2v) is 7.44. The lowest BCUT2D eigenvalue weighted by atomic mass is 10.3. The molecule has 0 saturated heterocycles. The molecule has 0 aliphatic rings. The summed E-state index contributed by atoms with van der Waals surface area (Å²) < 4.78 is 29.5. The maximum absolute atomic E-state index is 12.3. The Kier molecular flexibility index (Phi) is 4.47. The monoisotopic (exact) mass is 423 g/mol. The summed E-state index contributed by atoms with van der Waals surface area (Å²) in [6.45, 7) is -0.00881. The van der Waals surface area contributed by atoms with Crippen LogP contribution in [0.1, 0.15) is 5.82 Å². The summed E-state index contributed by atoms with van der Waals surface area (Å²) in [6.07, 6.45) is 1.49. The molecule has 1 aromatic carbocycles. The Morgan fingerprint density at radius 1 is 1.40 bits per heavy atom. The number of benzene rings is 1. The van der Waals surface area contributed by atoms with E-state index >= 15 is 0 Å². The predicted octanol–water partition coefficient (Wildman–Crippen LogP) is 1.40. The summed E-state index contributed by atoms with van der Waals surface area (Å²) >= 11 is 6.44. The average Bonchev–Trinajstić information content (AvgIpc) is 2.71. The number of sulfonamides is 1. The largest absolute Gasteiger partial charge is 0.398 e. The lowest BCUT2D eigenvalue weighted by molar-refractivity contribution is 0.578. The minimum absolute atomic E-state index is 0.00312. The Morgan fingerprint density at radius 2 is 2.10 bits per heavy atom. The van der Waals surface area contributed by atoms with Crippen LogP contribution >= 0.6 is 31.9 Å². The molecule has 0 fully saturated rings. The van der Waals surface area contributed by atoms with Crippen molar-refractivity contribution in [3.8, 4) is 0 Å². The molecule has 1 aromatic heterocycles. The Balaban J connectivity index is 2.27. The van der Waals surface area contributed by atoms with E-state index in [-0.39, 0.29) is 17.1 Å². The molecule has 0 bridgehead atoms. The van der Waals surface area contributed by atoms with Crippen molar-refractivity contribution in [3.05, 3.63) is 33.2 Å². The highest BCUT2D eigenvalue weighted by Gasteiger charge is 2.21. The number of nitrogens with one attached hydrogen (secondary N) is 1. The van der Waals surface area contributed by atoms with E-state index in [1.807, 2.05) is 0 Å². The van der Waals surface area contributed by atoms with E-state index in [0.29, 0.717) is 14.8 Å². The topological polar surface area (TPSA) is 103 Å². The summed E-state index contributed by atoms with van der Waals surface area (Å²) in [4.78, 5) is 3.94. The number of rotatable bonds is 4. The summed E-state index contributed by atoms with van der Waals surface area (Å²) in [5, 5.41) is 3.99. The third-order valence-corrected chi connectivity index (χ3v) is 5.24. The van der Waals surface area contributed by atoms with Crippen molar-refractivity contribution in [1.29, 1.82) is 0 Å². The van der Waals surface area contributed by atoms with Crippen LogP contribution in [0.15, 0.2) is 32.3 Å². The number of halogens is 2. The molecule has 10 heteroatoms. The van der Waals surface area contributed by atoms with Crippen molar-refractivity contribution in [2.24, 2.45) is 7.05 Å². The van der Waals surface area contributed by atoms with Gasteiger partial charge in [0.05, 0.1) is 12.2 Å². The van der Waals surface area contributed by atoms with Crippen molar-refractivity contribution in [1.82, 2.24) is 19.5 Å². The zero-order chi connectivity index (χ0) is 14.9. The highest BCUT2D eigenvalue weighted by Crippen LogP contribution is 2.31. The van der Waals surface area contributed by atoms with Gasteiger partial charge >= 0.3 is 0 Å². The van der Waals surface area contributed by atoms with Crippen LogP contribution in [0.5, 0.6) is 0 Å². The van der Waals surface area contributed by atoms with Gasteiger partial charge in [-0.15, -0.1) is 0 Å². The number of nitrogens with two attached hydrogens (primary N) is 1. The molecule has 0 atom stereocenters. The molecule has 1 heterocycles. The predicted molar refractivity (Wildman–Crippen MR) is 81.3 cm³/mol. The molecule has 7 nitrogen and oxygen atoms in total. The lowest BCUT2D eigenvalue weighted by Gasteiger charge is -2.10. The molecule has 2 rings (SSSR count). The summed E-state index contributed by atoms with van der Waals surface area (Å²) in [6, 6.07) is 3.14. The van der Waals surface area contributed by atoms with E-state index in [1.165, 1.54) is 17.1 Å². The lowest BCUT2D eigenvalue weighted by Crippen LogP contribution is -2.25. The van der Waals surface area contributed by atoms with E-state index in [9.17, 15) is 8.42 Å². The van der Waals surface area contributed by atoms with E-state index in [4.69, 9.17) is 5.73 Å². The number of hydrogen-bond donors (Lipinski definition) is 2. The molecule has 0 amide bonds. The van der Waals surface area contributed by atoms with Crippen molar-refractivity contribution in [2.75, 3.05) is 5.73 Å². The van der Waals surface area contributed by atoms with Gasteiger partial charge in [0.2, 0.25) is 10.0 Å². The molecule has 0 unspecified atom stereocenters. The molecule has 2 aromatic rings. The number of anilines is 1. The van der Waals surface area contributed by atoms with Crippen molar-refractivity contribution < 1.29 is 8.42 Å². The van der Waals surface area contributed by atoms with Crippen molar-refractivity contribution >= 4 is 47.6 Å². The zero-order valence-corrected chi connectivity index (χ0v) is 14.3. The Bertz CT molecular complexity index is 721. The smallest absolute Gasteiger partial charge is 0.244 e. The highest BCUT2D eigenvalue weighted by atomic mass is 79.9. The van der Waals surface area contributed by atoms with Crippen molar-refractivity contribution in [3.63, 3.8) is 0 Å². The van der Waals surface area contributed by atoms with E-state index in [2.05, 4.69) is 46.7 Å². The van der Waals surface area contributed by atoms with E-state index in [0.717, 1.165) is 0 Å². The average molecular weight is 425 g/mol. The van der Waals surface area contributed by atoms with E-state index < -0.39 is 10.0 Å². The Labute approximate surface area is 132 Å². The third kappa shape index (κ3) is 3.37. The first-order chi connectivity index (χ1) is 9.29. The molecule has 108 valence electrons. The fraction of sp³-hybridized carbons (Fsp3) is 0.200. The van der Waals surface area contributed by atoms with E-state index in [1.54, 1.807) is 13.1 Å². The Morgan fingerprint density at radius 3 is 2.65 bits per heavy atom. The normalized spacial score (nSPS) is 11.8. The van der Waals surface area contributed by atoms with Gasteiger partial charge in [-0.2, -0.15) is 5.10 Å². The molecule has 0 radical (unpaired) electrons. The van der Waals surface area contributed by atoms with Crippen LogP contribution in [-0.2, 0) is 23.6 Å². The van der Waals surface area contributed by atoms with Crippen molar-refractivity contribution in [2.45, 2.75) is 11.4 Å². The number of aryl methyl sites for hydroxylation is 1. The molecule has 0 spiro atoms. The van der Waals surface area contributed by atoms with Gasteiger partial charge in [0.25, 0.3) is 0 Å². The zero-order valence-electron chi connectivity index (χ0n) is 10.3. The molecule has 0 aliphatic carbocycles. The van der Waals surface area contributed by atoms with Gasteiger partial charge in [0.15, 0.2) is 5.82 Å². The molecule has 0 saturated carbocycles. The quantitative estimate of drug-likeness (QED) is 0.722. The van der Waals surface area contributed by atoms with Gasteiger partial charge in [-0.05, 0) is 28.1 Å². The summed E-state index contributed by atoms with van der Waals surface area (Å²) in [7, 11) is -2.06. The SMILES string of the molecule is Cn1cnc(CNS(=O)(=O)c2c(N)cc(Br)cc2Br)n1. The fourth-order valence-corrected chi connectivity index (χ4v) is 4.61. The minimum Gasteiger partial charge on any atom is -0.398 e. The fourth-order valence-electron chi connectivity index (χ4n) is 1.56. The van der Waals surface area contributed by atoms with Crippen LogP contribution in [-0.4, -0.2) is 23.2 Å².